The highest BCUT2D eigenvalue weighted by Crippen LogP contribution is 2.28. The average Bonchev–Trinajstić information content (AvgIpc) is 2.90. The van der Waals surface area contributed by atoms with Gasteiger partial charge < -0.3 is 4.74 Å². The Kier molecular flexibility index (Phi) is 5.18. The molecule has 0 aliphatic carbocycles. The Morgan fingerprint density at radius 3 is 2.62 bits per heavy atom. The highest BCUT2D eigenvalue weighted by Gasteiger charge is 2.34. The molecule has 1 N–H and O–H groups in total. The molecule has 7 heteroatoms. The summed E-state index contributed by atoms with van der Waals surface area (Å²) >= 11 is 3.36. The zero-order valence-corrected chi connectivity index (χ0v) is 15.1. The highest BCUT2D eigenvalue weighted by molar-refractivity contribution is 9.10. The van der Waals surface area contributed by atoms with Gasteiger partial charge in [-0.25, -0.2) is 9.40 Å². The molecule has 3 rings (SSSR count). The van der Waals surface area contributed by atoms with Crippen LogP contribution in [0.5, 0.6) is 5.75 Å². The summed E-state index contributed by atoms with van der Waals surface area (Å²) in [7, 11) is 0. The van der Waals surface area contributed by atoms with Crippen molar-refractivity contribution in [3.05, 3.63) is 76.5 Å². The molecule has 0 aromatic heterocycles. The van der Waals surface area contributed by atoms with E-state index in [1.54, 1.807) is 24.3 Å². The van der Waals surface area contributed by atoms with Gasteiger partial charge in [-0.1, -0.05) is 28.6 Å². The van der Waals surface area contributed by atoms with Gasteiger partial charge in [0.05, 0.1) is 5.69 Å². The molecule has 1 fully saturated rings. The standard InChI is InChI=1S/C19H14BrFN2O3/c1-2-9-26-17-8-3-13(20)10-12(17)11-16-18(24)22-23(19(16)25)15-6-4-14(21)5-7-15/h2-8,10-11H,1,9H2,(H,22,24)/b16-11-. The molecule has 0 unspecified atom stereocenters. The molecule has 1 heterocycles. The lowest BCUT2D eigenvalue weighted by atomic mass is 10.1. The first-order chi connectivity index (χ1) is 12.5. The number of nitrogens with one attached hydrogen (secondary N) is 1. The lowest BCUT2D eigenvalue weighted by Crippen LogP contribution is -2.35. The molecule has 0 atom stereocenters. The molecule has 1 saturated heterocycles. The number of ether oxygens (including phenoxy) is 1. The fourth-order valence-corrected chi connectivity index (χ4v) is 2.78. The van der Waals surface area contributed by atoms with Crippen molar-refractivity contribution in [3.8, 4) is 5.75 Å². The molecule has 0 bridgehead atoms. The van der Waals surface area contributed by atoms with Crippen LogP contribution in [0, 0.1) is 5.82 Å². The number of nitrogens with zero attached hydrogens (tertiary/aromatic N) is 1. The van der Waals surface area contributed by atoms with Crippen LogP contribution in [-0.4, -0.2) is 18.4 Å². The molecular formula is C19H14BrFN2O3. The van der Waals surface area contributed by atoms with Crippen molar-refractivity contribution < 1.29 is 18.7 Å². The Bertz CT molecular complexity index is 910. The van der Waals surface area contributed by atoms with Gasteiger partial charge in [0.1, 0.15) is 23.7 Å². The minimum Gasteiger partial charge on any atom is -0.489 e. The third kappa shape index (κ3) is 3.67. The largest absolute Gasteiger partial charge is 0.489 e. The number of hydrazine groups is 1. The Labute approximate surface area is 157 Å². The summed E-state index contributed by atoms with van der Waals surface area (Å²) in [4.78, 5) is 24.9. The van der Waals surface area contributed by atoms with E-state index >= 15 is 0 Å². The van der Waals surface area contributed by atoms with Gasteiger partial charge in [0.2, 0.25) is 0 Å². The summed E-state index contributed by atoms with van der Waals surface area (Å²) in [5.74, 6) is -0.993. The fourth-order valence-electron chi connectivity index (χ4n) is 2.40. The first-order valence-electron chi connectivity index (χ1n) is 7.65. The minimum absolute atomic E-state index is 0.0455. The number of carbonyl (C=O) groups is 2. The maximum Gasteiger partial charge on any atom is 0.282 e. The first-order valence-corrected chi connectivity index (χ1v) is 8.45. The van der Waals surface area contributed by atoms with E-state index in [1.807, 2.05) is 0 Å². The van der Waals surface area contributed by atoms with Crippen molar-refractivity contribution in [2.45, 2.75) is 0 Å². The Balaban J connectivity index is 1.95. The molecule has 26 heavy (non-hydrogen) atoms. The van der Waals surface area contributed by atoms with Crippen LogP contribution in [-0.2, 0) is 9.59 Å². The number of halogens is 2. The van der Waals surface area contributed by atoms with Crippen LogP contribution in [0.1, 0.15) is 5.56 Å². The number of amides is 2. The van der Waals surface area contributed by atoms with E-state index in [0.717, 1.165) is 9.48 Å². The molecule has 1 aliphatic heterocycles. The number of benzene rings is 2. The van der Waals surface area contributed by atoms with Crippen LogP contribution in [0.4, 0.5) is 10.1 Å². The van der Waals surface area contributed by atoms with Crippen LogP contribution in [0.3, 0.4) is 0 Å². The summed E-state index contributed by atoms with van der Waals surface area (Å²) in [5, 5.41) is 1.08. The summed E-state index contributed by atoms with van der Waals surface area (Å²) in [6, 6.07) is 10.5. The highest BCUT2D eigenvalue weighted by atomic mass is 79.9. The molecule has 1 aliphatic rings. The van der Waals surface area contributed by atoms with Gasteiger partial charge in [0.25, 0.3) is 11.8 Å². The monoisotopic (exact) mass is 416 g/mol. The van der Waals surface area contributed by atoms with E-state index < -0.39 is 17.6 Å². The van der Waals surface area contributed by atoms with Gasteiger partial charge in [-0.15, -0.1) is 0 Å². The van der Waals surface area contributed by atoms with E-state index in [9.17, 15) is 14.0 Å². The number of hydrogen-bond donors (Lipinski definition) is 1. The second-order valence-corrected chi connectivity index (χ2v) is 6.31. The van der Waals surface area contributed by atoms with Crippen molar-refractivity contribution in [2.24, 2.45) is 0 Å². The number of rotatable bonds is 5. The molecule has 0 radical (unpaired) electrons. The number of hydrogen-bond acceptors (Lipinski definition) is 3. The lowest BCUT2D eigenvalue weighted by Gasteiger charge is -2.14. The molecule has 2 aromatic rings. The lowest BCUT2D eigenvalue weighted by molar-refractivity contribution is -0.117. The SMILES string of the molecule is C=CCOc1ccc(Br)cc1/C=C1/C(=O)NN(c2ccc(F)cc2)C1=O. The second-order valence-electron chi connectivity index (χ2n) is 5.40. The van der Waals surface area contributed by atoms with Crippen LogP contribution in [0.25, 0.3) is 6.08 Å². The molecule has 2 amide bonds. The van der Waals surface area contributed by atoms with E-state index in [0.29, 0.717) is 23.6 Å². The van der Waals surface area contributed by atoms with E-state index in [2.05, 4.69) is 27.9 Å². The number of carbonyl (C=O) groups excluding carboxylic acids is 2. The van der Waals surface area contributed by atoms with Gasteiger partial charge in [-0.2, -0.15) is 0 Å². The summed E-state index contributed by atoms with van der Waals surface area (Å²) in [5.41, 5.74) is 3.36. The predicted molar refractivity (Wildman–Crippen MR) is 99.8 cm³/mol. The molecule has 5 nitrogen and oxygen atoms in total. The van der Waals surface area contributed by atoms with E-state index in [4.69, 9.17) is 4.74 Å². The van der Waals surface area contributed by atoms with Gasteiger partial charge >= 0.3 is 0 Å². The number of anilines is 1. The molecular weight excluding hydrogens is 403 g/mol. The van der Waals surface area contributed by atoms with Crippen LogP contribution in [0.15, 0.2) is 65.2 Å². The zero-order chi connectivity index (χ0) is 18.7. The van der Waals surface area contributed by atoms with Crippen molar-refractivity contribution >= 4 is 39.5 Å². The van der Waals surface area contributed by atoms with Gasteiger partial charge in [-0.05, 0) is 48.5 Å². The van der Waals surface area contributed by atoms with Crippen LogP contribution >= 0.6 is 15.9 Å². The first kappa shape index (κ1) is 17.9. The van der Waals surface area contributed by atoms with Gasteiger partial charge in [0.15, 0.2) is 0 Å². The predicted octanol–water partition coefficient (Wildman–Crippen LogP) is 3.61. The topological polar surface area (TPSA) is 58.6 Å². The minimum atomic E-state index is -0.547. The van der Waals surface area contributed by atoms with Crippen molar-refractivity contribution in [1.82, 2.24) is 5.43 Å². The normalized spacial score (nSPS) is 15.3. The second kappa shape index (κ2) is 7.53. The van der Waals surface area contributed by atoms with Crippen molar-refractivity contribution in [3.63, 3.8) is 0 Å². The fraction of sp³-hybridized carbons (Fsp3) is 0.0526. The average molecular weight is 417 g/mol. The molecule has 132 valence electrons. The van der Waals surface area contributed by atoms with E-state index in [1.165, 1.54) is 30.3 Å². The van der Waals surface area contributed by atoms with E-state index in [-0.39, 0.29) is 5.57 Å². The maximum absolute atomic E-state index is 13.1. The third-order valence-electron chi connectivity index (χ3n) is 3.60. The molecule has 0 saturated carbocycles. The third-order valence-corrected chi connectivity index (χ3v) is 4.10. The van der Waals surface area contributed by atoms with Crippen LogP contribution < -0.4 is 15.2 Å². The summed E-state index contributed by atoms with van der Waals surface area (Å²) in [6.07, 6.45) is 3.06. The van der Waals surface area contributed by atoms with Crippen LogP contribution in [0.2, 0.25) is 0 Å². The molecule has 0 spiro atoms. The Hall–Kier alpha value is -2.93. The zero-order valence-electron chi connectivity index (χ0n) is 13.5. The smallest absolute Gasteiger partial charge is 0.282 e. The summed E-state index contributed by atoms with van der Waals surface area (Å²) in [6.45, 7) is 3.89. The van der Waals surface area contributed by atoms with Gasteiger partial charge in [0, 0.05) is 10.0 Å². The Morgan fingerprint density at radius 2 is 1.92 bits per heavy atom. The maximum atomic E-state index is 13.1. The van der Waals surface area contributed by atoms with Crippen molar-refractivity contribution in [2.75, 3.05) is 11.6 Å². The summed E-state index contributed by atoms with van der Waals surface area (Å²) < 4.78 is 19.4. The quantitative estimate of drug-likeness (QED) is 0.460. The molecule has 2 aromatic carbocycles. The van der Waals surface area contributed by atoms with Gasteiger partial charge in [-0.3, -0.25) is 15.0 Å². The van der Waals surface area contributed by atoms with Crippen molar-refractivity contribution in [1.29, 1.82) is 0 Å². The Morgan fingerprint density at radius 1 is 1.19 bits per heavy atom.